The lowest BCUT2D eigenvalue weighted by molar-refractivity contribution is -0.130. The number of piperazine rings is 1. The van der Waals surface area contributed by atoms with E-state index in [0.29, 0.717) is 13.1 Å². The van der Waals surface area contributed by atoms with E-state index in [9.17, 15) is 9.90 Å². The smallest absolute Gasteiger partial charge is 0.219 e. The highest BCUT2D eigenvalue weighted by molar-refractivity contribution is 5.73. The molecule has 0 saturated carbocycles. The van der Waals surface area contributed by atoms with Crippen LogP contribution in [0.5, 0.6) is 5.75 Å². The summed E-state index contributed by atoms with van der Waals surface area (Å²) >= 11 is 0. The van der Waals surface area contributed by atoms with Crippen LogP contribution in [-0.2, 0) is 11.3 Å². The van der Waals surface area contributed by atoms with Gasteiger partial charge in [0.05, 0.1) is 5.60 Å². The zero-order valence-corrected chi connectivity index (χ0v) is 19.7. The molecule has 0 spiro atoms. The van der Waals surface area contributed by atoms with Gasteiger partial charge in [-0.15, -0.1) is 0 Å². The summed E-state index contributed by atoms with van der Waals surface area (Å²) in [6.45, 7) is 12.1. The highest BCUT2D eigenvalue weighted by atomic mass is 16.5. The standard InChI is InChI=1S/C25H40N4O3/c1-22(30)29-14-12-27(13-15-29)20-25(31)8-11-28(21-25)19-23-6-5-7-24(18-23)32-17-16-26-9-3-2-4-10-26/h5-7,18,31H,2-4,8-17,19-21H2,1H3/t25-/m0/s1. The third-order valence-corrected chi connectivity index (χ3v) is 7.18. The van der Waals surface area contributed by atoms with Gasteiger partial charge in [-0.1, -0.05) is 18.6 Å². The first-order valence-electron chi connectivity index (χ1n) is 12.4. The fourth-order valence-corrected chi connectivity index (χ4v) is 5.31. The van der Waals surface area contributed by atoms with Crippen LogP contribution in [0.25, 0.3) is 0 Å². The third-order valence-electron chi connectivity index (χ3n) is 7.18. The van der Waals surface area contributed by atoms with E-state index in [1.807, 2.05) is 11.0 Å². The second-order valence-electron chi connectivity index (χ2n) is 9.87. The average molecular weight is 445 g/mol. The van der Waals surface area contributed by atoms with Gasteiger partial charge in [0, 0.05) is 65.8 Å². The molecule has 4 rings (SSSR count). The molecule has 3 aliphatic heterocycles. The molecule has 0 aromatic heterocycles. The van der Waals surface area contributed by atoms with Crippen molar-refractivity contribution in [3.8, 4) is 5.75 Å². The minimum Gasteiger partial charge on any atom is -0.492 e. The van der Waals surface area contributed by atoms with Crippen molar-refractivity contribution >= 4 is 5.91 Å². The molecule has 7 heteroatoms. The van der Waals surface area contributed by atoms with Crippen LogP contribution in [-0.4, -0.2) is 108 Å². The molecule has 1 atom stereocenters. The minimum absolute atomic E-state index is 0.146. The molecule has 0 aliphatic carbocycles. The van der Waals surface area contributed by atoms with Crippen LogP contribution < -0.4 is 4.74 Å². The number of likely N-dealkylation sites (tertiary alicyclic amines) is 2. The van der Waals surface area contributed by atoms with Crippen LogP contribution in [0.2, 0.25) is 0 Å². The van der Waals surface area contributed by atoms with Gasteiger partial charge in [-0.3, -0.25) is 19.5 Å². The quantitative estimate of drug-likeness (QED) is 0.658. The summed E-state index contributed by atoms with van der Waals surface area (Å²) in [6.07, 6.45) is 4.78. The second-order valence-corrected chi connectivity index (χ2v) is 9.87. The number of carbonyl (C=O) groups excluding carboxylic acids is 1. The zero-order chi connectivity index (χ0) is 22.4. The molecule has 7 nitrogen and oxygen atoms in total. The Bertz CT molecular complexity index is 746. The second kappa shape index (κ2) is 11.0. The van der Waals surface area contributed by atoms with Crippen molar-refractivity contribution in [3.63, 3.8) is 0 Å². The van der Waals surface area contributed by atoms with Gasteiger partial charge in [0.15, 0.2) is 0 Å². The van der Waals surface area contributed by atoms with E-state index >= 15 is 0 Å². The van der Waals surface area contributed by atoms with E-state index in [2.05, 4.69) is 32.9 Å². The Morgan fingerprint density at radius 2 is 1.78 bits per heavy atom. The number of carbonyl (C=O) groups is 1. The molecule has 3 heterocycles. The monoisotopic (exact) mass is 444 g/mol. The minimum atomic E-state index is -0.666. The lowest BCUT2D eigenvalue weighted by Crippen LogP contribution is -2.53. The molecule has 1 aromatic carbocycles. The van der Waals surface area contributed by atoms with Crippen LogP contribution in [0.3, 0.4) is 0 Å². The SMILES string of the molecule is CC(=O)N1CCN(C[C@@]2(O)CCN(Cc3cccc(OCCN4CCCCC4)c3)C2)CC1. The van der Waals surface area contributed by atoms with Crippen LogP contribution in [0, 0.1) is 0 Å². The predicted molar refractivity (Wildman–Crippen MR) is 126 cm³/mol. The number of benzene rings is 1. The van der Waals surface area contributed by atoms with Gasteiger partial charge in [-0.25, -0.2) is 0 Å². The average Bonchev–Trinajstić information content (AvgIpc) is 3.15. The van der Waals surface area contributed by atoms with Crippen molar-refractivity contribution in [2.45, 2.75) is 44.8 Å². The van der Waals surface area contributed by atoms with Crippen molar-refractivity contribution in [2.75, 3.05) is 72.1 Å². The van der Waals surface area contributed by atoms with Crippen LogP contribution in [0.4, 0.5) is 0 Å². The molecule has 32 heavy (non-hydrogen) atoms. The van der Waals surface area contributed by atoms with Gasteiger partial charge in [0.25, 0.3) is 0 Å². The molecular formula is C25H40N4O3. The first kappa shape index (κ1) is 23.5. The number of hydrogen-bond acceptors (Lipinski definition) is 6. The third kappa shape index (κ3) is 6.67. The fraction of sp³-hybridized carbons (Fsp3) is 0.720. The largest absolute Gasteiger partial charge is 0.492 e. The first-order valence-corrected chi connectivity index (χ1v) is 12.4. The zero-order valence-electron chi connectivity index (χ0n) is 19.7. The Morgan fingerprint density at radius 1 is 1.00 bits per heavy atom. The summed E-state index contributed by atoms with van der Waals surface area (Å²) in [6, 6.07) is 8.41. The van der Waals surface area contributed by atoms with Crippen LogP contribution >= 0.6 is 0 Å². The van der Waals surface area contributed by atoms with E-state index in [4.69, 9.17) is 4.74 Å². The number of piperidine rings is 1. The van der Waals surface area contributed by atoms with Gasteiger partial charge in [-0.2, -0.15) is 0 Å². The fourth-order valence-electron chi connectivity index (χ4n) is 5.31. The topological polar surface area (TPSA) is 59.5 Å². The van der Waals surface area contributed by atoms with Crippen molar-refractivity contribution in [2.24, 2.45) is 0 Å². The number of β-amino-alcohol motifs (C(OH)–C–C–N with tert-alkyl or cyclic N) is 1. The maximum atomic E-state index is 11.5. The lowest BCUT2D eigenvalue weighted by Gasteiger charge is -2.38. The Balaban J connectivity index is 1.21. The van der Waals surface area contributed by atoms with E-state index in [1.165, 1.54) is 37.9 Å². The molecule has 1 aromatic rings. The van der Waals surface area contributed by atoms with Crippen molar-refractivity contribution < 1.29 is 14.6 Å². The maximum absolute atomic E-state index is 11.5. The summed E-state index contributed by atoms with van der Waals surface area (Å²) < 4.78 is 6.04. The summed E-state index contributed by atoms with van der Waals surface area (Å²) in [5.74, 6) is 1.09. The molecule has 3 aliphatic rings. The number of nitrogens with zero attached hydrogens (tertiary/aromatic N) is 4. The molecule has 1 N–H and O–H groups in total. The van der Waals surface area contributed by atoms with Crippen LogP contribution in [0.15, 0.2) is 24.3 Å². The molecular weight excluding hydrogens is 404 g/mol. The maximum Gasteiger partial charge on any atom is 0.219 e. The van der Waals surface area contributed by atoms with Gasteiger partial charge in [0.1, 0.15) is 12.4 Å². The number of aliphatic hydroxyl groups is 1. The van der Waals surface area contributed by atoms with Crippen molar-refractivity contribution in [1.82, 2.24) is 19.6 Å². The summed E-state index contributed by atoms with van der Waals surface area (Å²) in [5.41, 5.74) is 0.570. The number of hydrogen-bond donors (Lipinski definition) is 1. The van der Waals surface area contributed by atoms with Gasteiger partial charge in [0.2, 0.25) is 5.91 Å². The molecule has 178 valence electrons. The van der Waals surface area contributed by atoms with Gasteiger partial charge in [-0.05, 0) is 50.0 Å². The molecule has 1 amide bonds. The lowest BCUT2D eigenvalue weighted by atomic mass is 10.0. The number of amides is 1. The summed E-state index contributed by atoms with van der Waals surface area (Å²) in [4.78, 5) is 20.6. The molecule has 0 radical (unpaired) electrons. The highest BCUT2D eigenvalue weighted by Crippen LogP contribution is 2.25. The molecule has 0 bridgehead atoms. The van der Waals surface area contributed by atoms with Crippen molar-refractivity contribution in [1.29, 1.82) is 0 Å². The number of ether oxygens (including phenoxy) is 1. The van der Waals surface area contributed by atoms with Gasteiger partial charge >= 0.3 is 0 Å². The molecule has 3 saturated heterocycles. The van der Waals surface area contributed by atoms with Gasteiger partial charge < -0.3 is 14.7 Å². The summed E-state index contributed by atoms with van der Waals surface area (Å²) in [5, 5.41) is 11.2. The Labute approximate surface area is 192 Å². The van der Waals surface area contributed by atoms with E-state index in [-0.39, 0.29) is 5.91 Å². The predicted octanol–water partition coefficient (Wildman–Crippen LogP) is 1.65. The molecule has 3 fully saturated rings. The highest BCUT2D eigenvalue weighted by Gasteiger charge is 2.38. The van der Waals surface area contributed by atoms with Crippen molar-refractivity contribution in [3.05, 3.63) is 29.8 Å². The Hall–Kier alpha value is -1.67. The normalized spacial score (nSPS) is 25.9. The van der Waals surface area contributed by atoms with E-state index in [0.717, 1.165) is 64.6 Å². The first-order chi connectivity index (χ1) is 15.5. The number of rotatable bonds is 8. The summed E-state index contributed by atoms with van der Waals surface area (Å²) in [7, 11) is 0. The van der Waals surface area contributed by atoms with E-state index < -0.39 is 5.60 Å². The Morgan fingerprint density at radius 3 is 2.53 bits per heavy atom. The van der Waals surface area contributed by atoms with E-state index in [1.54, 1.807) is 6.92 Å². The Kier molecular flexibility index (Phi) is 8.05. The van der Waals surface area contributed by atoms with Crippen LogP contribution in [0.1, 0.15) is 38.2 Å². The molecule has 0 unspecified atom stereocenters.